The molecule has 102 valence electrons. The van der Waals surface area contributed by atoms with Gasteiger partial charge in [-0.2, -0.15) is 0 Å². The number of rotatable bonds is 1. The van der Waals surface area contributed by atoms with Crippen LogP contribution in [0.1, 0.15) is 26.5 Å². The molecular weight excluding hydrogens is 252 g/mol. The maximum Gasteiger partial charge on any atom is 0.251 e. The number of aromatic nitrogens is 2. The van der Waals surface area contributed by atoms with Crippen LogP contribution in [0.5, 0.6) is 0 Å². The van der Waals surface area contributed by atoms with Gasteiger partial charge in [0.1, 0.15) is 0 Å². The highest BCUT2D eigenvalue weighted by molar-refractivity contribution is 5.86. The third-order valence-electron chi connectivity index (χ3n) is 3.35. The second-order valence-corrected chi connectivity index (χ2v) is 5.94. The lowest BCUT2D eigenvalue weighted by atomic mass is 9.88. The summed E-state index contributed by atoms with van der Waals surface area (Å²) in [5.41, 5.74) is 1.72. The summed E-state index contributed by atoms with van der Waals surface area (Å²) < 4.78 is 4.80. The molecule has 0 fully saturated rings. The van der Waals surface area contributed by atoms with Gasteiger partial charge in [-0.05, 0) is 27.8 Å². The van der Waals surface area contributed by atoms with E-state index in [0.29, 0.717) is 16.3 Å². The molecule has 0 saturated heterocycles. The predicted octanol–water partition coefficient (Wildman–Crippen LogP) is 3.43. The lowest BCUT2D eigenvalue weighted by molar-refractivity contribution is -0.810. The maximum absolute atomic E-state index is 11.8. The van der Waals surface area contributed by atoms with Crippen LogP contribution in [0.4, 0.5) is 0 Å². The van der Waals surface area contributed by atoms with Crippen molar-refractivity contribution >= 4 is 10.8 Å². The van der Waals surface area contributed by atoms with Gasteiger partial charge in [-0.15, -0.1) is 0 Å². The molecule has 0 aliphatic carbocycles. The standard InChI is InChI=1S/C16H16N2O2/c1-16(2,3)15-14(17-20-18(15)19)13-9-8-11-6-4-5-7-12(11)10-13/h4-10H,1-3H3. The third-order valence-corrected chi connectivity index (χ3v) is 3.35. The molecule has 3 aromatic rings. The Morgan fingerprint density at radius 3 is 2.45 bits per heavy atom. The van der Waals surface area contributed by atoms with E-state index < -0.39 is 0 Å². The minimum absolute atomic E-state index is 0.331. The Kier molecular flexibility index (Phi) is 2.74. The summed E-state index contributed by atoms with van der Waals surface area (Å²) >= 11 is 0. The average molecular weight is 268 g/mol. The number of nitrogens with zero attached hydrogens (tertiary/aromatic N) is 2. The molecule has 1 heterocycles. The summed E-state index contributed by atoms with van der Waals surface area (Å²) in [6.45, 7) is 5.91. The summed E-state index contributed by atoms with van der Waals surface area (Å²) in [5.74, 6) is 0. The summed E-state index contributed by atoms with van der Waals surface area (Å²) in [6.07, 6.45) is 0. The van der Waals surface area contributed by atoms with E-state index in [-0.39, 0.29) is 5.41 Å². The van der Waals surface area contributed by atoms with Crippen LogP contribution in [-0.4, -0.2) is 5.16 Å². The van der Waals surface area contributed by atoms with Crippen molar-refractivity contribution in [1.29, 1.82) is 0 Å². The fourth-order valence-electron chi connectivity index (χ4n) is 2.40. The van der Waals surface area contributed by atoms with Gasteiger partial charge in [-0.1, -0.05) is 51.1 Å². The zero-order valence-electron chi connectivity index (χ0n) is 11.8. The largest absolute Gasteiger partial charge is 0.359 e. The summed E-state index contributed by atoms with van der Waals surface area (Å²) in [6, 6.07) is 14.1. The molecule has 0 spiro atoms. The van der Waals surface area contributed by atoms with Gasteiger partial charge in [0.15, 0.2) is 0 Å². The van der Waals surface area contributed by atoms with Crippen LogP contribution in [0.25, 0.3) is 22.0 Å². The molecule has 0 aliphatic rings. The fraction of sp³-hybridized carbons (Fsp3) is 0.250. The van der Waals surface area contributed by atoms with Crippen LogP contribution in [0.3, 0.4) is 0 Å². The van der Waals surface area contributed by atoms with E-state index in [0.717, 1.165) is 16.3 Å². The number of hydrogen-bond acceptors (Lipinski definition) is 3. The predicted molar refractivity (Wildman–Crippen MR) is 77.1 cm³/mol. The van der Waals surface area contributed by atoms with Gasteiger partial charge in [-0.25, -0.2) is 0 Å². The number of hydrogen-bond donors (Lipinski definition) is 0. The van der Waals surface area contributed by atoms with E-state index in [9.17, 15) is 5.21 Å². The van der Waals surface area contributed by atoms with Gasteiger partial charge in [0.05, 0.1) is 0 Å². The lowest BCUT2D eigenvalue weighted by Crippen LogP contribution is -2.35. The van der Waals surface area contributed by atoms with Gasteiger partial charge in [0.25, 0.3) is 5.69 Å². The Morgan fingerprint density at radius 1 is 1.05 bits per heavy atom. The first kappa shape index (κ1) is 12.7. The molecular formula is C16H16N2O2. The van der Waals surface area contributed by atoms with Crippen molar-refractivity contribution in [2.45, 2.75) is 26.2 Å². The highest BCUT2D eigenvalue weighted by Gasteiger charge is 2.31. The van der Waals surface area contributed by atoms with E-state index in [1.807, 2.05) is 57.2 Å². The first-order chi connectivity index (χ1) is 9.47. The molecule has 0 radical (unpaired) electrons. The van der Waals surface area contributed by atoms with Gasteiger partial charge in [0, 0.05) is 16.1 Å². The Morgan fingerprint density at radius 2 is 1.75 bits per heavy atom. The lowest BCUT2D eigenvalue weighted by Gasteiger charge is -2.14. The highest BCUT2D eigenvalue weighted by Crippen LogP contribution is 2.30. The van der Waals surface area contributed by atoms with E-state index in [1.165, 1.54) is 0 Å². The molecule has 4 heteroatoms. The molecule has 2 aromatic carbocycles. The molecule has 3 rings (SSSR count). The van der Waals surface area contributed by atoms with Crippen LogP contribution in [-0.2, 0) is 5.41 Å². The highest BCUT2D eigenvalue weighted by atomic mass is 16.8. The first-order valence-corrected chi connectivity index (χ1v) is 6.56. The molecule has 1 aromatic heterocycles. The Bertz CT molecular complexity index is 769. The molecule has 0 atom stereocenters. The molecule has 4 nitrogen and oxygen atoms in total. The molecule has 0 saturated carbocycles. The number of fused-ring (bicyclic) bond motifs is 1. The third kappa shape index (κ3) is 2.03. The van der Waals surface area contributed by atoms with Crippen LogP contribution in [0.2, 0.25) is 0 Å². The van der Waals surface area contributed by atoms with E-state index in [2.05, 4.69) is 11.2 Å². The second kappa shape index (κ2) is 4.34. The minimum Gasteiger partial charge on any atom is -0.359 e. The SMILES string of the molecule is CC(C)(C)c1c(-c2ccc3ccccc3c2)no[n+]1[O-]. The fourth-order valence-corrected chi connectivity index (χ4v) is 2.40. The van der Waals surface area contributed by atoms with Crippen molar-refractivity contribution in [1.82, 2.24) is 5.16 Å². The average Bonchev–Trinajstić information content (AvgIpc) is 2.80. The quantitative estimate of drug-likeness (QED) is 0.635. The zero-order valence-corrected chi connectivity index (χ0v) is 11.8. The summed E-state index contributed by atoms with van der Waals surface area (Å²) in [4.78, 5) is 0.504. The van der Waals surface area contributed by atoms with Crippen molar-refractivity contribution in [2.24, 2.45) is 0 Å². The normalized spacial score (nSPS) is 11.9. The Labute approximate surface area is 117 Å². The minimum atomic E-state index is -0.331. The van der Waals surface area contributed by atoms with Gasteiger partial charge in [0.2, 0.25) is 5.69 Å². The molecule has 0 unspecified atom stereocenters. The molecule has 0 N–H and O–H groups in total. The van der Waals surface area contributed by atoms with Crippen LogP contribution >= 0.6 is 0 Å². The van der Waals surface area contributed by atoms with E-state index in [1.54, 1.807) is 0 Å². The number of benzene rings is 2. The van der Waals surface area contributed by atoms with E-state index >= 15 is 0 Å². The smallest absolute Gasteiger partial charge is 0.251 e. The summed E-state index contributed by atoms with van der Waals surface area (Å²) in [7, 11) is 0. The van der Waals surface area contributed by atoms with Crippen molar-refractivity contribution < 1.29 is 9.53 Å². The summed E-state index contributed by atoms with van der Waals surface area (Å²) in [5, 5.41) is 18.0. The van der Waals surface area contributed by atoms with Gasteiger partial charge >= 0.3 is 0 Å². The maximum atomic E-state index is 11.8. The van der Waals surface area contributed by atoms with Crippen molar-refractivity contribution in [2.75, 3.05) is 0 Å². The van der Waals surface area contributed by atoms with Crippen LogP contribution in [0, 0.1) is 5.21 Å². The van der Waals surface area contributed by atoms with Crippen molar-refractivity contribution in [3.05, 3.63) is 53.4 Å². The van der Waals surface area contributed by atoms with Crippen molar-refractivity contribution in [3.8, 4) is 11.3 Å². The van der Waals surface area contributed by atoms with Crippen LogP contribution < -0.4 is 4.90 Å². The second-order valence-electron chi connectivity index (χ2n) is 5.94. The molecule has 0 amide bonds. The van der Waals surface area contributed by atoms with Gasteiger partial charge < -0.3 is 5.21 Å². The first-order valence-electron chi connectivity index (χ1n) is 6.56. The molecule has 0 bridgehead atoms. The Balaban J connectivity index is 2.21. The van der Waals surface area contributed by atoms with Crippen LogP contribution in [0.15, 0.2) is 47.1 Å². The van der Waals surface area contributed by atoms with Gasteiger partial charge in [-0.3, -0.25) is 4.63 Å². The Hall–Kier alpha value is -2.36. The molecule has 20 heavy (non-hydrogen) atoms. The topological polar surface area (TPSA) is 53.0 Å². The molecule has 0 aliphatic heterocycles. The monoisotopic (exact) mass is 268 g/mol. The van der Waals surface area contributed by atoms with Crippen molar-refractivity contribution in [3.63, 3.8) is 0 Å². The van der Waals surface area contributed by atoms with E-state index in [4.69, 9.17) is 4.63 Å². The zero-order chi connectivity index (χ0) is 14.3.